The monoisotopic (exact) mass is 366 g/mol. The Morgan fingerprint density at radius 3 is 2.76 bits per heavy atom. The van der Waals surface area contributed by atoms with Crippen LogP contribution in [0.1, 0.15) is 46.0 Å². The van der Waals surface area contributed by atoms with Crippen LogP contribution in [-0.2, 0) is 9.59 Å². The SMILES string of the molecule is CCC1=CC(=O)C=CC1(C)C1CC2CCC(C(=O)CCl)C2(O)CC1O. The quantitative estimate of drug-likeness (QED) is 0.750. The van der Waals surface area contributed by atoms with E-state index in [4.69, 9.17) is 11.6 Å². The summed E-state index contributed by atoms with van der Waals surface area (Å²) in [6.45, 7) is 4.09. The van der Waals surface area contributed by atoms with E-state index >= 15 is 0 Å². The third kappa shape index (κ3) is 2.92. The van der Waals surface area contributed by atoms with Gasteiger partial charge in [0.05, 0.1) is 17.6 Å². The van der Waals surface area contributed by atoms with Crippen LogP contribution in [0.4, 0.5) is 0 Å². The molecule has 3 rings (SSSR count). The van der Waals surface area contributed by atoms with Crippen molar-refractivity contribution in [3.8, 4) is 0 Å². The number of alkyl halides is 1. The average Bonchev–Trinajstić information content (AvgIpc) is 2.91. The third-order valence-corrected chi connectivity index (χ3v) is 7.19. The van der Waals surface area contributed by atoms with Crippen LogP contribution in [0.15, 0.2) is 23.8 Å². The number of hydrogen-bond donors (Lipinski definition) is 2. The summed E-state index contributed by atoms with van der Waals surface area (Å²) in [4.78, 5) is 23.9. The van der Waals surface area contributed by atoms with Crippen molar-refractivity contribution in [3.63, 3.8) is 0 Å². The lowest BCUT2D eigenvalue weighted by atomic mass is 9.57. The van der Waals surface area contributed by atoms with Crippen molar-refractivity contribution in [3.05, 3.63) is 23.8 Å². The number of aliphatic hydroxyl groups is 2. The molecule has 4 nitrogen and oxygen atoms in total. The van der Waals surface area contributed by atoms with E-state index < -0.39 is 23.0 Å². The molecule has 25 heavy (non-hydrogen) atoms. The van der Waals surface area contributed by atoms with Crippen molar-refractivity contribution in [1.82, 2.24) is 0 Å². The molecule has 6 unspecified atom stereocenters. The molecule has 5 heteroatoms. The zero-order valence-corrected chi connectivity index (χ0v) is 15.6. The van der Waals surface area contributed by atoms with E-state index in [1.54, 1.807) is 12.2 Å². The predicted molar refractivity (Wildman–Crippen MR) is 96.2 cm³/mol. The highest BCUT2D eigenvalue weighted by molar-refractivity contribution is 6.28. The van der Waals surface area contributed by atoms with E-state index in [9.17, 15) is 19.8 Å². The molecule has 0 radical (unpaired) electrons. The minimum Gasteiger partial charge on any atom is -0.393 e. The van der Waals surface area contributed by atoms with E-state index in [0.717, 1.165) is 18.4 Å². The fourth-order valence-corrected chi connectivity index (χ4v) is 5.67. The number of aliphatic hydroxyl groups excluding tert-OH is 1. The van der Waals surface area contributed by atoms with Crippen LogP contribution in [0.2, 0.25) is 0 Å². The minimum atomic E-state index is -1.15. The zero-order valence-electron chi connectivity index (χ0n) is 14.9. The van der Waals surface area contributed by atoms with E-state index in [1.807, 2.05) is 13.0 Å². The average molecular weight is 367 g/mol. The number of carbonyl (C=O) groups is 2. The molecule has 0 amide bonds. The summed E-state index contributed by atoms with van der Waals surface area (Å²) in [5.74, 6) is -0.782. The Balaban J connectivity index is 1.89. The maximum absolute atomic E-state index is 12.1. The maximum atomic E-state index is 12.1. The van der Waals surface area contributed by atoms with E-state index in [0.29, 0.717) is 12.8 Å². The lowest BCUT2D eigenvalue weighted by Gasteiger charge is -2.50. The van der Waals surface area contributed by atoms with Gasteiger partial charge in [-0.15, -0.1) is 11.6 Å². The van der Waals surface area contributed by atoms with Gasteiger partial charge in [0.15, 0.2) is 11.6 Å². The van der Waals surface area contributed by atoms with Gasteiger partial charge in [0.1, 0.15) is 0 Å². The standard InChI is InChI=1S/C20H27ClO4/c1-3-12-8-14(22)6-7-19(12,2)16-9-13-4-5-15(18(24)11-21)20(13,25)10-17(16)23/h6-8,13,15-17,23,25H,3-5,9-11H2,1-2H3. The Kier molecular flexibility index (Phi) is 5.00. The topological polar surface area (TPSA) is 74.6 Å². The van der Waals surface area contributed by atoms with Crippen LogP contribution in [0.5, 0.6) is 0 Å². The van der Waals surface area contributed by atoms with Crippen LogP contribution in [0.3, 0.4) is 0 Å². The molecule has 0 aliphatic heterocycles. The number of ketones is 2. The van der Waals surface area contributed by atoms with Crippen LogP contribution < -0.4 is 0 Å². The van der Waals surface area contributed by atoms with Crippen LogP contribution in [-0.4, -0.2) is 39.4 Å². The Labute approximate surface area is 153 Å². The van der Waals surface area contributed by atoms with E-state index in [2.05, 4.69) is 6.92 Å². The molecule has 2 fully saturated rings. The van der Waals surface area contributed by atoms with Crippen molar-refractivity contribution >= 4 is 23.2 Å². The third-order valence-electron chi connectivity index (χ3n) is 6.93. The van der Waals surface area contributed by atoms with Crippen molar-refractivity contribution in [1.29, 1.82) is 0 Å². The van der Waals surface area contributed by atoms with Gasteiger partial charge < -0.3 is 10.2 Å². The summed E-state index contributed by atoms with van der Waals surface area (Å²) < 4.78 is 0. The number of carbonyl (C=O) groups excluding carboxylic acids is 2. The highest BCUT2D eigenvalue weighted by atomic mass is 35.5. The second-order valence-corrected chi connectivity index (χ2v) is 8.34. The summed E-state index contributed by atoms with van der Waals surface area (Å²) in [6.07, 6.45) is 7.47. The van der Waals surface area contributed by atoms with E-state index in [-0.39, 0.29) is 35.7 Å². The maximum Gasteiger partial charge on any atom is 0.178 e. The second kappa shape index (κ2) is 6.64. The van der Waals surface area contributed by atoms with Crippen LogP contribution in [0.25, 0.3) is 0 Å². The first kappa shape index (κ1) is 18.8. The number of allylic oxidation sites excluding steroid dienone is 4. The molecule has 2 N–H and O–H groups in total. The molecule has 138 valence electrons. The largest absolute Gasteiger partial charge is 0.393 e. The number of Topliss-reactive ketones (excluding diaryl/α,β-unsaturated/α-hetero) is 1. The molecule has 0 spiro atoms. The summed E-state index contributed by atoms with van der Waals surface area (Å²) in [5.41, 5.74) is -0.513. The first-order valence-electron chi connectivity index (χ1n) is 9.19. The first-order chi connectivity index (χ1) is 11.8. The van der Waals surface area contributed by atoms with Gasteiger partial charge in [0, 0.05) is 17.8 Å². The molecule has 2 saturated carbocycles. The summed E-state index contributed by atoms with van der Waals surface area (Å²) >= 11 is 5.71. The lowest BCUT2D eigenvalue weighted by Crippen LogP contribution is -2.54. The van der Waals surface area contributed by atoms with Crippen molar-refractivity contribution in [2.45, 2.75) is 57.7 Å². The van der Waals surface area contributed by atoms with Gasteiger partial charge >= 0.3 is 0 Å². The van der Waals surface area contributed by atoms with Gasteiger partial charge in [-0.05, 0) is 49.7 Å². The Morgan fingerprint density at radius 1 is 1.40 bits per heavy atom. The fraction of sp³-hybridized carbons (Fsp3) is 0.700. The summed E-state index contributed by atoms with van der Waals surface area (Å²) in [5, 5.41) is 22.1. The molecule has 3 aliphatic carbocycles. The molecule has 0 heterocycles. The number of hydrogen-bond acceptors (Lipinski definition) is 4. The zero-order chi connectivity index (χ0) is 18.4. The summed E-state index contributed by atoms with van der Waals surface area (Å²) in [7, 11) is 0. The smallest absolute Gasteiger partial charge is 0.178 e. The molecule has 0 saturated heterocycles. The fourth-order valence-electron chi connectivity index (χ4n) is 5.48. The van der Waals surface area contributed by atoms with Gasteiger partial charge in [-0.2, -0.15) is 0 Å². The Morgan fingerprint density at radius 2 is 2.12 bits per heavy atom. The Hall–Kier alpha value is -0.970. The van der Waals surface area contributed by atoms with Crippen molar-refractivity contribution < 1.29 is 19.8 Å². The lowest BCUT2D eigenvalue weighted by molar-refractivity contribution is -0.148. The summed E-state index contributed by atoms with van der Waals surface area (Å²) in [6, 6.07) is 0. The molecular weight excluding hydrogens is 340 g/mol. The van der Waals surface area contributed by atoms with Gasteiger partial charge in [0.2, 0.25) is 0 Å². The van der Waals surface area contributed by atoms with Gasteiger partial charge in [-0.1, -0.05) is 25.5 Å². The number of halogens is 1. The molecule has 0 aromatic carbocycles. The van der Waals surface area contributed by atoms with E-state index in [1.165, 1.54) is 0 Å². The number of fused-ring (bicyclic) bond motifs is 1. The Bertz CT molecular complexity index is 640. The molecular formula is C20H27ClO4. The normalized spacial score (nSPS) is 43.7. The van der Waals surface area contributed by atoms with Crippen molar-refractivity contribution in [2.75, 3.05) is 5.88 Å². The van der Waals surface area contributed by atoms with Crippen molar-refractivity contribution in [2.24, 2.45) is 23.2 Å². The second-order valence-electron chi connectivity index (χ2n) is 8.07. The molecule has 6 atom stereocenters. The molecule has 0 bridgehead atoms. The van der Waals surface area contributed by atoms with Gasteiger partial charge in [-0.25, -0.2) is 0 Å². The molecule has 3 aliphatic rings. The highest BCUT2D eigenvalue weighted by Crippen LogP contribution is 2.56. The first-order valence-corrected chi connectivity index (χ1v) is 9.73. The van der Waals surface area contributed by atoms with Crippen LogP contribution >= 0.6 is 11.6 Å². The number of rotatable bonds is 4. The minimum absolute atomic E-state index is 0.00947. The molecule has 0 aromatic rings. The molecule has 0 aromatic heterocycles. The predicted octanol–water partition coefficient (Wildman–Crippen LogP) is 2.80. The van der Waals surface area contributed by atoms with Gasteiger partial charge in [-0.3, -0.25) is 9.59 Å². The highest BCUT2D eigenvalue weighted by Gasteiger charge is 2.58. The van der Waals surface area contributed by atoms with Gasteiger partial charge in [0.25, 0.3) is 0 Å². The van der Waals surface area contributed by atoms with Crippen LogP contribution in [0, 0.1) is 23.2 Å².